The molecule has 0 aliphatic carbocycles. The highest BCUT2D eigenvalue weighted by Gasteiger charge is 2.38. The Morgan fingerprint density at radius 2 is 2.00 bits per heavy atom. The molecule has 0 fully saturated rings. The minimum Gasteiger partial charge on any atom is -0.459 e. The minimum absolute atomic E-state index is 0.140. The van der Waals surface area contributed by atoms with E-state index in [1.807, 2.05) is 17.5 Å². The molecule has 1 amide bonds. The smallest absolute Gasteiger partial charge is 0.326 e. The average Bonchev–Trinajstić information content (AvgIpc) is 3.20. The van der Waals surface area contributed by atoms with E-state index in [0.717, 1.165) is 16.0 Å². The van der Waals surface area contributed by atoms with Gasteiger partial charge in [-0.3, -0.25) is 18.8 Å². The molecule has 1 N–H and O–H groups in total. The summed E-state index contributed by atoms with van der Waals surface area (Å²) in [5.41, 5.74) is 0.0821. The van der Waals surface area contributed by atoms with Gasteiger partial charge in [0.05, 0.1) is 18.5 Å². The number of rotatable bonds is 6. The van der Waals surface area contributed by atoms with Crippen LogP contribution in [0.25, 0.3) is 0 Å². The van der Waals surface area contributed by atoms with E-state index >= 15 is 0 Å². The molecule has 1 aliphatic rings. The number of amides is 1. The summed E-state index contributed by atoms with van der Waals surface area (Å²) in [5.74, 6) is -1.16. The van der Waals surface area contributed by atoms with Crippen molar-refractivity contribution < 1.29 is 27.9 Å². The Labute approximate surface area is 179 Å². The first-order chi connectivity index (χ1) is 13.9. The predicted octanol–water partition coefficient (Wildman–Crippen LogP) is 2.50. The number of fused-ring (bicyclic) bond motifs is 1. The monoisotopic (exact) mass is 452 g/mol. The molecule has 0 saturated carbocycles. The van der Waals surface area contributed by atoms with Gasteiger partial charge < -0.3 is 9.84 Å². The number of hydrogen-bond acceptors (Lipinski definition) is 7. The Balaban J connectivity index is 1.88. The maximum Gasteiger partial charge on any atom is 0.326 e. The van der Waals surface area contributed by atoms with Crippen LogP contribution in [0.15, 0.2) is 35.7 Å². The quantitative estimate of drug-likeness (QED) is 0.676. The zero-order valence-corrected chi connectivity index (χ0v) is 18.8. The van der Waals surface area contributed by atoms with Crippen molar-refractivity contribution in [2.24, 2.45) is 0 Å². The number of esters is 1. The first-order valence-corrected chi connectivity index (χ1v) is 11.9. The maximum atomic E-state index is 12.7. The van der Waals surface area contributed by atoms with Gasteiger partial charge in [-0.15, -0.1) is 11.3 Å². The van der Waals surface area contributed by atoms with Gasteiger partial charge >= 0.3 is 5.97 Å². The lowest BCUT2D eigenvalue weighted by Gasteiger charge is -2.24. The third-order valence-corrected chi connectivity index (χ3v) is 6.39. The van der Waals surface area contributed by atoms with Crippen molar-refractivity contribution in [3.63, 3.8) is 0 Å². The number of ether oxygens (including phenoxy) is 1. The van der Waals surface area contributed by atoms with Crippen LogP contribution in [0.1, 0.15) is 47.8 Å². The number of benzene rings is 1. The normalized spacial score (nSPS) is 16.5. The third-order valence-electron chi connectivity index (χ3n) is 4.39. The van der Waals surface area contributed by atoms with Gasteiger partial charge in [-0.05, 0) is 50.4 Å². The summed E-state index contributed by atoms with van der Waals surface area (Å²) in [5, 5.41) is 12.5. The van der Waals surface area contributed by atoms with Gasteiger partial charge in [0.15, 0.2) is 6.23 Å². The highest BCUT2D eigenvalue weighted by Crippen LogP contribution is 2.35. The molecule has 2 aromatic rings. The fourth-order valence-corrected chi connectivity index (χ4v) is 4.81. The topological polar surface area (TPSA) is 104 Å². The van der Waals surface area contributed by atoms with Crippen molar-refractivity contribution in [3.8, 4) is 0 Å². The Morgan fingerprint density at radius 1 is 1.30 bits per heavy atom. The van der Waals surface area contributed by atoms with Gasteiger partial charge in [0.1, 0.15) is 12.1 Å². The molecular formula is C20H24N2O6S2. The second-order valence-corrected chi connectivity index (χ2v) is 11.0. The van der Waals surface area contributed by atoms with E-state index in [1.54, 1.807) is 20.8 Å². The van der Waals surface area contributed by atoms with Crippen molar-refractivity contribution in [1.82, 2.24) is 4.90 Å². The fourth-order valence-electron chi connectivity index (χ4n) is 3.16. The van der Waals surface area contributed by atoms with Crippen LogP contribution in [0.4, 0.5) is 5.69 Å². The lowest BCUT2D eigenvalue weighted by Crippen LogP contribution is -2.37. The van der Waals surface area contributed by atoms with Crippen LogP contribution in [-0.2, 0) is 26.1 Å². The number of sulfonamides is 1. The molecule has 30 heavy (non-hydrogen) atoms. The highest BCUT2D eigenvalue weighted by atomic mass is 32.2. The molecule has 8 nitrogen and oxygen atoms in total. The number of nitrogens with zero attached hydrogens (tertiary/aromatic N) is 2. The molecule has 1 aliphatic heterocycles. The molecule has 0 saturated heterocycles. The number of hydrogen-bond donors (Lipinski definition) is 1. The van der Waals surface area contributed by atoms with Gasteiger partial charge in [-0.25, -0.2) is 8.42 Å². The number of carbonyl (C=O) groups is 2. The van der Waals surface area contributed by atoms with Crippen LogP contribution in [0.3, 0.4) is 0 Å². The Morgan fingerprint density at radius 3 is 2.57 bits per heavy atom. The van der Waals surface area contributed by atoms with Crippen molar-refractivity contribution in [2.75, 3.05) is 17.1 Å². The summed E-state index contributed by atoms with van der Waals surface area (Å²) in [7, 11) is -3.61. The van der Waals surface area contributed by atoms with E-state index in [9.17, 15) is 23.1 Å². The maximum absolute atomic E-state index is 12.7. The summed E-state index contributed by atoms with van der Waals surface area (Å²) in [6.45, 7) is 4.86. The van der Waals surface area contributed by atoms with Crippen LogP contribution >= 0.6 is 11.3 Å². The molecule has 0 radical (unpaired) electrons. The number of carbonyl (C=O) groups excluding carboxylic acids is 2. The van der Waals surface area contributed by atoms with Gasteiger partial charge in [0.2, 0.25) is 10.0 Å². The van der Waals surface area contributed by atoms with E-state index in [2.05, 4.69) is 0 Å². The van der Waals surface area contributed by atoms with Gasteiger partial charge in [-0.1, -0.05) is 6.07 Å². The third kappa shape index (κ3) is 4.82. The summed E-state index contributed by atoms with van der Waals surface area (Å²) in [6, 6.07) is 8.13. The second-order valence-electron chi connectivity index (χ2n) is 8.01. The molecular weight excluding hydrogens is 428 g/mol. The van der Waals surface area contributed by atoms with Crippen LogP contribution in [-0.4, -0.2) is 48.7 Å². The minimum atomic E-state index is -3.61. The lowest BCUT2D eigenvalue weighted by atomic mass is 10.1. The van der Waals surface area contributed by atoms with Gasteiger partial charge in [0.25, 0.3) is 5.91 Å². The number of thiophene rings is 1. The van der Waals surface area contributed by atoms with Crippen molar-refractivity contribution in [1.29, 1.82) is 0 Å². The lowest BCUT2D eigenvalue weighted by molar-refractivity contribution is -0.157. The molecule has 162 valence electrons. The molecule has 0 bridgehead atoms. The highest BCUT2D eigenvalue weighted by molar-refractivity contribution is 7.92. The van der Waals surface area contributed by atoms with Crippen LogP contribution < -0.4 is 4.31 Å². The molecule has 3 rings (SSSR count). The predicted molar refractivity (Wildman–Crippen MR) is 114 cm³/mol. The Hall–Kier alpha value is -2.43. The van der Waals surface area contributed by atoms with E-state index in [4.69, 9.17) is 4.74 Å². The van der Waals surface area contributed by atoms with Crippen molar-refractivity contribution in [3.05, 3.63) is 51.7 Å². The number of anilines is 1. The summed E-state index contributed by atoms with van der Waals surface area (Å²) in [6.07, 6.45) is -0.271. The van der Waals surface area contributed by atoms with Crippen molar-refractivity contribution >= 4 is 38.9 Å². The summed E-state index contributed by atoms with van der Waals surface area (Å²) in [4.78, 5) is 26.7. The van der Waals surface area contributed by atoms with E-state index < -0.39 is 40.3 Å². The second kappa shape index (κ2) is 8.01. The van der Waals surface area contributed by atoms with Crippen LogP contribution in [0.5, 0.6) is 0 Å². The van der Waals surface area contributed by atoms with Crippen molar-refractivity contribution in [2.45, 2.75) is 39.1 Å². The fraction of sp³-hybridized carbons (Fsp3) is 0.400. The molecule has 1 aromatic carbocycles. The Bertz CT molecular complexity index is 1060. The molecule has 10 heteroatoms. The largest absolute Gasteiger partial charge is 0.459 e. The molecule has 2 heterocycles. The van der Waals surface area contributed by atoms with Gasteiger partial charge in [-0.2, -0.15) is 0 Å². The zero-order valence-electron chi connectivity index (χ0n) is 17.2. The molecule has 0 spiro atoms. The first-order valence-electron chi connectivity index (χ1n) is 9.22. The molecule has 1 atom stereocenters. The van der Waals surface area contributed by atoms with E-state index in [0.29, 0.717) is 5.69 Å². The number of aliphatic hydroxyl groups is 1. The first kappa shape index (κ1) is 22.3. The SMILES string of the molecule is CC(C)(C)OC(=O)CN1C(=O)c2ccc(N(Cc3cccs3)S(C)(=O)=O)cc2C1O. The number of aliphatic hydroxyl groups excluding tert-OH is 1. The van der Waals surface area contributed by atoms with Crippen LogP contribution in [0.2, 0.25) is 0 Å². The molecule has 1 unspecified atom stereocenters. The van der Waals surface area contributed by atoms with Crippen LogP contribution in [0, 0.1) is 0 Å². The Kier molecular flexibility index (Phi) is 5.94. The standard InChI is InChI=1S/C20H24N2O6S2/c1-20(2,3)28-17(23)12-21-18(24)15-8-7-13(10-16(15)19(21)25)22(30(4,26)27)11-14-6-5-9-29-14/h5-10,19,25H,11-12H2,1-4H3. The van der Waals surface area contributed by atoms with E-state index in [-0.39, 0.29) is 17.7 Å². The summed E-state index contributed by atoms with van der Waals surface area (Å²) >= 11 is 1.43. The average molecular weight is 453 g/mol. The molecule has 1 aromatic heterocycles. The zero-order chi connectivity index (χ0) is 22.3. The van der Waals surface area contributed by atoms with Gasteiger partial charge in [0, 0.05) is 16.0 Å². The summed E-state index contributed by atoms with van der Waals surface area (Å²) < 4.78 is 31.2. The van der Waals surface area contributed by atoms with E-state index in [1.165, 1.54) is 33.8 Å².